The predicted molar refractivity (Wildman–Crippen MR) is 77.9 cm³/mol. The van der Waals surface area contributed by atoms with Crippen LogP contribution in [0.15, 0.2) is 42.6 Å². The Kier molecular flexibility index (Phi) is 3.27. The van der Waals surface area contributed by atoms with Crippen molar-refractivity contribution in [1.82, 2.24) is 15.2 Å². The minimum absolute atomic E-state index is 0.933. The van der Waals surface area contributed by atoms with Crippen LogP contribution in [-0.4, -0.2) is 15.2 Å². The zero-order valence-corrected chi connectivity index (χ0v) is 11.1. The van der Waals surface area contributed by atoms with Crippen LogP contribution in [0.25, 0.3) is 22.2 Å². The van der Waals surface area contributed by atoms with Crippen molar-refractivity contribution in [3.8, 4) is 11.4 Å². The van der Waals surface area contributed by atoms with Crippen LogP contribution in [0, 0.1) is 0 Å². The van der Waals surface area contributed by atoms with E-state index in [0.717, 1.165) is 23.2 Å². The number of pyridine rings is 1. The second-order valence-electron chi connectivity index (χ2n) is 4.76. The average Bonchev–Trinajstić information content (AvgIpc) is 2.93. The molecule has 0 aliphatic heterocycles. The van der Waals surface area contributed by atoms with E-state index in [9.17, 15) is 0 Å². The summed E-state index contributed by atoms with van der Waals surface area (Å²) in [5.74, 6) is 0. The number of nitrogens with zero attached hydrogens (tertiary/aromatic N) is 2. The number of aromatic nitrogens is 3. The molecule has 0 aliphatic carbocycles. The summed E-state index contributed by atoms with van der Waals surface area (Å²) < 4.78 is 0. The van der Waals surface area contributed by atoms with Crippen molar-refractivity contribution in [3.63, 3.8) is 0 Å². The summed E-state index contributed by atoms with van der Waals surface area (Å²) in [4.78, 5) is 4.49. The number of aryl methyl sites for hydroxylation is 1. The van der Waals surface area contributed by atoms with E-state index in [-0.39, 0.29) is 0 Å². The van der Waals surface area contributed by atoms with Crippen LogP contribution < -0.4 is 0 Å². The van der Waals surface area contributed by atoms with Gasteiger partial charge < -0.3 is 0 Å². The number of H-pyrrole nitrogens is 1. The molecule has 0 aliphatic rings. The van der Waals surface area contributed by atoms with Crippen LogP contribution in [0.2, 0.25) is 0 Å². The maximum absolute atomic E-state index is 4.49. The maximum Gasteiger partial charge on any atom is 0.111 e. The second kappa shape index (κ2) is 5.22. The summed E-state index contributed by atoms with van der Waals surface area (Å²) in [7, 11) is 0. The molecule has 0 spiro atoms. The van der Waals surface area contributed by atoms with Crippen LogP contribution >= 0.6 is 0 Å². The molecule has 0 atom stereocenters. The highest BCUT2D eigenvalue weighted by Crippen LogP contribution is 2.25. The van der Waals surface area contributed by atoms with E-state index in [1.54, 1.807) is 0 Å². The lowest BCUT2D eigenvalue weighted by atomic mass is 10.1. The van der Waals surface area contributed by atoms with Gasteiger partial charge in [0.1, 0.15) is 5.69 Å². The van der Waals surface area contributed by atoms with Gasteiger partial charge in [-0.15, -0.1) is 0 Å². The minimum atomic E-state index is 0.933. The van der Waals surface area contributed by atoms with Crippen LogP contribution in [0.4, 0.5) is 0 Å². The monoisotopic (exact) mass is 251 g/mol. The third kappa shape index (κ3) is 2.36. The number of benzene rings is 1. The van der Waals surface area contributed by atoms with Gasteiger partial charge in [0.05, 0.1) is 5.69 Å². The van der Waals surface area contributed by atoms with Gasteiger partial charge in [-0.1, -0.05) is 37.6 Å². The average molecular weight is 251 g/mol. The maximum atomic E-state index is 4.49. The Labute approximate surface area is 112 Å². The first-order valence-corrected chi connectivity index (χ1v) is 6.77. The molecule has 3 heteroatoms. The first-order chi connectivity index (χ1) is 9.38. The third-order valence-electron chi connectivity index (χ3n) is 3.35. The van der Waals surface area contributed by atoms with E-state index in [2.05, 4.69) is 40.3 Å². The van der Waals surface area contributed by atoms with Gasteiger partial charge in [-0.25, -0.2) is 0 Å². The Morgan fingerprint density at radius 3 is 2.95 bits per heavy atom. The highest BCUT2D eigenvalue weighted by molar-refractivity contribution is 5.93. The Balaban J connectivity index is 2.02. The number of nitrogens with one attached hydrogen (secondary N) is 1. The topological polar surface area (TPSA) is 41.6 Å². The Bertz CT molecular complexity index is 680. The third-order valence-corrected chi connectivity index (χ3v) is 3.35. The number of aromatic amines is 1. The van der Waals surface area contributed by atoms with Crippen molar-refractivity contribution >= 4 is 10.8 Å². The second-order valence-corrected chi connectivity index (χ2v) is 4.76. The van der Waals surface area contributed by atoms with Gasteiger partial charge in [-0.05, 0) is 30.4 Å². The standard InChI is InChI=1S/C16H17N3/c1-2-3-7-13-11-15(19-18-13)16-14-8-5-4-6-12(14)9-10-17-16/h4-6,8-11H,2-3,7H2,1H3,(H,18,19). The molecule has 3 nitrogen and oxygen atoms in total. The molecular weight excluding hydrogens is 234 g/mol. The predicted octanol–water partition coefficient (Wildman–Crippen LogP) is 3.97. The number of rotatable bonds is 4. The molecular formula is C16H17N3. The van der Waals surface area contributed by atoms with E-state index in [4.69, 9.17) is 0 Å². The largest absolute Gasteiger partial charge is 0.282 e. The summed E-state index contributed by atoms with van der Waals surface area (Å²) in [6.07, 6.45) is 5.28. The van der Waals surface area contributed by atoms with Crippen LogP contribution in [-0.2, 0) is 6.42 Å². The molecule has 3 rings (SSSR count). The highest BCUT2D eigenvalue weighted by atomic mass is 15.1. The first-order valence-electron chi connectivity index (χ1n) is 6.77. The Hall–Kier alpha value is -2.16. The molecule has 2 aromatic heterocycles. The molecule has 96 valence electrons. The summed E-state index contributed by atoms with van der Waals surface area (Å²) in [6, 6.07) is 12.4. The molecule has 0 unspecified atom stereocenters. The quantitative estimate of drug-likeness (QED) is 0.762. The first kappa shape index (κ1) is 11.9. The van der Waals surface area contributed by atoms with Gasteiger partial charge in [0.15, 0.2) is 0 Å². The number of hydrogen-bond acceptors (Lipinski definition) is 2. The van der Waals surface area contributed by atoms with Crippen molar-refractivity contribution in [2.45, 2.75) is 26.2 Å². The molecule has 1 aromatic carbocycles. The number of fused-ring (bicyclic) bond motifs is 1. The molecule has 0 amide bonds. The van der Waals surface area contributed by atoms with E-state index in [0.29, 0.717) is 0 Å². The van der Waals surface area contributed by atoms with Crippen molar-refractivity contribution in [3.05, 3.63) is 48.3 Å². The summed E-state index contributed by atoms with van der Waals surface area (Å²) in [6.45, 7) is 2.20. The van der Waals surface area contributed by atoms with Crippen molar-refractivity contribution < 1.29 is 0 Å². The normalized spacial score (nSPS) is 11.0. The lowest BCUT2D eigenvalue weighted by Gasteiger charge is -2.01. The molecule has 2 heterocycles. The lowest BCUT2D eigenvalue weighted by Crippen LogP contribution is -1.85. The van der Waals surface area contributed by atoms with Crippen LogP contribution in [0.1, 0.15) is 25.5 Å². The van der Waals surface area contributed by atoms with Gasteiger partial charge in [0.25, 0.3) is 0 Å². The van der Waals surface area contributed by atoms with Gasteiger partial charge in [-0.3, -0.25) is 10.1 Å². The fourth-order valence-electron chi connectivity index (χ4n) is 2.30. The molecule has 0 radical (unpaired) electrons. The fraction of sp³-hybridized carbons (Fsp3) is 0.250. The fourth-order valence-corrected chi connectivity index (χ4v) is 2.30. The zero-order valence-electron chi connectivity index (χ0n) is 11.1. The summed E-state index contributed by atoms with van der Waals surface area (Å²) in [5, 5.41) is 9.87. The van der Waals surface area contributed by atoms with Crippen molar-refractivity contribution in [1.29, 1.82) is 0 Å². The van der Waals surface area contributed by atoms with E-state index in [1.165, 1.54) is 23.9 Å². The SMILES string of the molecule is CCCCc1cc(-c2nccc3ccccc23)n[nH]1. The van der Waals surface area contributed by atoms with Gasteiger partial charge >= 0.3 is 0 Å². The van der Waals surface area contributed by atoms with Crippen LogP contribution in [0.5, 0.6) is 0 Å². The molecule has 1 N–H and O–H groups in total. The minimum Gasteiger partial charge on any atom is -0.282 e. The summed E-state index contributed by atoms with van der Waals surface area (Å²) in [5.41, 5.74) is 3.08. The van der Waals surface area contributed by atoms with Crippen molar-refractivity contribution in [2.75, 3.05) is 0 Å². The van der Waals surface area contributed by atoms with Gasteiger partial charge in [0.2, 0.25) is 0 Å². The van der Waals surface area contributed by atoms with Gasteiger partial charge in [0, 0.05) is 17.3 Å². The van der Waals surface area contributed by atoms with E-state index < -0.39 is 0 Å². The summed E-state index contributed by atoms with van der Waals surface area (Å²) >= 11 is 0. The zero-order chi connectivity index (χ0) is 13.1. The molecule has 0 saturated heterocycles. The number of unbranched alkanes of at least 4 members (excludes halogenated alkanes) is 1. The highest BCUT2D eigenvalue weighted by Gasteiger charge is 2.08. The molecule has 0 bridgehead atoms. The van der Waals surface area contributed by atoms with Crippen molar-refractivity contribution in [2.24, 2.45) is 0 Å². The van der Waals surface area contributed by atoms with Crippen LogP contribution in [0.3, 0.4) is 0 Å². The van der Waals surface area contributed by atoms with Gasteiger partial charge in [-0.2, -0.15) is 5.10 Å². The lowest BCUT2D eigenvalue weighted by molar-refractivity contribution is 0.772. The molecule has 0 fully saturated rings. The van der Waals surface area contributed by atoms with E-state index >= 15 is 0 Å². The number of hydrogen-bond donors (Lipinski definition) is 1. The smallest absolute Gasteiger partial charge is 0.111 e. The molecule has 3 aromatic rings. The Morgan fingerprint density at radius 1 is 1.16 bits per heavy atom. The Morgan fingerprint density at radius 2 is 2.05 bits per heavy atom. The molecule has 19 heavy (non-hydrogen) atoms. The molecule has 0 saturated carbocycles. The van der Waals surface area contributed by atoms with E-state index in [1.807, 2.05) is 24.4 Å².